The fraction of sp³-hybridized carbons (Fsp3) is 0.480. The molecule has 6 heterocycles. The number of hydrogen-bond acceptors (Lipinski definition) is 6. The molecule has 2 saturated heterocycles. The molecule has 34 heavy (non-hydrogen) atoms. The lowest BCUT2D eigenvalue weighted by Gasteiger charge is -2.37. The van der Waals surface area contributed by atoms with Gasteiger partial charge in [-0.2, -0.15) is 5.10 Å². The lowest BCUT2D eigenvalue weighted by molar-refractivity contribution is -0.0111. The SMILES string of the molecule is Cc1cc(-c2[nH]c3cnc(N4CCC(NC5COC5)CC4)c(F)c3c2C(C)C)cn2ncnc12. The van der Waals surface area contributed by atoms with Gasteiger partial charge in [-0.25, -0.2) is 18.9 Å². The van der Waals surface area contributed by atoms with Crippen LogP contribution in [0.25, 0.3) is 27.8 Å². The Morgan fingerprint density at radius 1 is 1.18 bits per heavy atom. The summed E-state index contributed by atoms with van der Waals surface area (Å²) in [5.41, 5.74) is 5.41. The molecule has 8 nitrogen and oxygen atoms in total. The molecule has 2 N–H and O–H groups in total. The third-order valence-corrected chi connectivity index (χ3v) is 7.13. The number of halogens is 1. The number of fused-ring (bicyclic) bond motifs is 2. The first-order valence-corrected chi connectivity index (χ1v) is 12.1. The molecule has 0 bridgehead atoms. The van der Waals surface area contributed by atoms with Crippen LogP contribution in [-0.2, 0) is 4.74 Å². The molecule has 4 aromatic rings. The summed E-state index contributed by atoms with van der Waals surface area (Å²) in [6.07, 6.45) is 7.23. The Kier molecular flexibility index (Phi) is 5.26. The van der Waals surface area contributed by atoms with E-state index in [0.717, 1.165) is 72.7 Å². The van der Waals surface area contributed by atoms with E-state index in [9.17, 15) is 0 Å². The summed E-state index contributed by atoms with van der Waals surface area (Å²) in [5.74, 6) is 0.342. The minimum absolute atomic E-state index is 0.125. The van der Waals surface area contributed by atoms with Crippen LogP contribution in [0.4, 0.5) is 10.2 Å². The Hall–Kier alpha value is -3.04. The van der Waals surface area contributed by atoms with Gasteiger partial charge >= 0.3 is 0 Å². The Morgan fingerprint density at radius 2 is 1.97 bits per heavy atom. The summed E-state index contributed by atoms with van der Waals surface area (Å²) in [4.78, 5) is 14.4. The average molecular weight is 464 g/mol. The number of anilines is 1. The van der Waals surface area contributed by atoms with Crippen molar-refractivity contribution in [2.45, 2.75) is 51.6 Å². The van der Waals surface area contributed by atoms with Gasteiger partial charge in [-0.1, -0.05) is 13.8 Å². The second kappa shape index (κ2) is 8.32. The molecule has 0 aliphatic carbocycles. The van der Waals surface area contributed by atoms with Gasteiger partial charge in [-0.05, 0) is 42.9 Å². The number of nitrogens with one attached hydrogen (secondary N) is 2. The minimum Gasteiger partial charge on any atom is -0.378 e. The Bertz CT molecular complexity index is 1350. The van der Waals surface area contributed by atoms with Crippen LogP contribution in [0.15, 0.2) is 24.8 Å². The number of aromatic nitrogens is 5. The quantitative estimate of drug-likeness (QED) is 0.469. The van der Waals surface area contributed by atoms with Crippen LogP contribution < -0.4 is 10.2 Å². The van der Waals surface area contributed by atoms with Crippen LogP contribution in [0, 0.1) is 12.7 Å². The molecule has 0 saturated carbocycles. The molecule has 6 rings (SSSR count). The highest BCUT2D eigenvalue weighted by Gasteiger charge is 2.29. The van der Waals surface area contributed by atoms with Crippen molar-refractivity contribution in [1.29, 1.82) is 0 Å². The van der Waals surface area contributed by atoms with E-state index in [1.165, 1.54) is 0 Å². The molecule has 178 valence electrons. The van der Waals surface area contributed by atoms with Crippen LogP contribution in [0.3, 0.4) is 0 Å². The zero-order chi connectivity index (χ0) is 23.4. The van der Waals surface area contributed by atoms with E-state index in [2.05, 4.69) is 50.2 Å². The van der Waals surface area contributed by atoms with Crippen molar-refractivity contribution in [3.05, 3.63) is 41.7 Å². The fourth-order valence-corrected chi connectivity index (χ4v) is 5.34. The number of aryl methyl sites for hydroxylation is 1. The van der Waals surface area contributed by atoms with Gasteiger partial charge in [0.05, 0.1) is 36.7 Å². The number of H-pyrrole nitrogens is 1. The smallest absolute Gasteiger partial charge is 0.175 e. The Morgan fingerprint density at radius 3 is 2.68 bits per heavy atom. The molecule has 0 spiro atoms. The van der Waals surface area contributed by atoms with Crippen LogP contribution in [0.2, 0.25) is 0 Å². The van der Waals surface area contributed by atoms with Gasteiger partial charge in [0.25, 0.3) is 0 Å². The molecule has 4 aromatic heterocycles. The molecule has 2 aliphatic rings. The number of hydrogen-bond donors (Lipinski definition) is 2. The standard InChI is InChI=1S/C25H30FN7O/c1-14(2)20-21-19(31-23(20)16-8-15(3)24-28-13-29-33(24)10-16)9-27-25(22(21)26)32-6-4-17(5-7-32)30-18-11-34-12-18/h8-10,13-14,17-18,30-31H,4-7,11-12H2,1-3H3. The minimum atomic E-state index is -0.235. The summed E-state index contributed by atoms with van der Waals surface area (Å²) < 4.78 is 23.1. The summed E-state index contributed by atoms with van der Waals surface area (Å²) in [6.45, 7) is 9.40. The topological polar surface area (TPSA) is 83.4 Å². The fourth-order valence-electron chi connectivity index (χ4n) is 5.34. The number of aromatic amines is 1. The van der Waals surface area contributed by atoms with E-state index in [0.29, 0.717) is 23.3 Å². The maximum absolute atomic E-state index is 16.1. The van der Waals surface area contributed by atoms with Crippen LogP contribution in [-0.4, -0.2) is 63.0 Å². The highest BCUT2D eigenvalue weighted by Crippen LogP contribution is 2.39. The molecule has 0 atom stereocenters. The summed E-state index contributed by atoms with van der Waals surface area (Å²) >= 11 is 0. The van der Waals surface area contributed by atoms with Gasteiger partial charge < -0.3 is 19.9 Å². The average Bonchev–Trinajstić information content (AvgIpc) is 3.42. The van der Waals surface area contributed by atoms with Crippen LogP contribution >= 0.6 is 0 Å². The third-order valence-electron chi connectivity index (χ3n) is 7.13. The van der Waals surface area contributed by atoms with Gasteiger partial charge in [0, 0.05) is 36.3 Å². The number of piperidine rings is 1. The van der Waals surface area contributed by atoms with Crippen molar-refractivity contribution in [1.82, 2.24) is 29.9 Å². The zero-order valence-corrected chi connectivity index (χ0v) is 19.8. The van der Waals surface area contributed by atoms with E-state index in [-0.39, 0.29) is 11.7 Å². The first-order valence-electron chi connectivity index (χ1n) is 12.1. The summed E-state index contributed by atoms with van der Waals surface area (Å²) in [6, 6.07) is 3.00. The van der Waals surface area contributed by atoms with Crippen molar-refractivity contribution in [3.8, 4) is 11.3 Å². The van der Waals surface area contributed by atoms with E-state index in [1.54, 1.807) is 17.0 Å². The molecule has 2 fully saturated rings. The second-order valence-corrected chi connectivity index (χ2v) is 9.86. The van der Waals surface area contributed by atoms with Gasteiger partial charge in [0.15, 0.2) is 17.3 Å². The molecular weight excluding hydrogens is 433 g/mol. The maximum atomic E-state index is 16.1. The van der Waals surface area contributed by atoms with E-state index < -0.39 is 0 Å². The third kappa shape index (κ3) is 3.54. The van der Waals surface area contributed by atoms with Crippen LogP contribution in [0.1, 0.15) is 43.7 Å². The van der Waals surface area contributed by atoms with Crippen molar-refractivity contribution >= 4 is 22.4 Å². The largest absolute Gasteiger partial charge is 0.378 e. The van der Waals surface area contributed by atoms with Crippen LogP contribution in [0.5, 0.6) is 0 Å². The predicted molar refractivity (Wildman–Crippen MR) is 130 cm³/mol. The number of ether oxygens (including phenoxy) is 1. The van der Waals surface area contributed by atoms with Gasteiger partial charge in [0.1, 0.15) is 6.33 Å². The van der Waals surface area contributed by atoms with Crippen molar-refractivity contribution in [2.75, 3.05) is 31.2 Å². The molecule has 0 radical (unpaired) electrons. The lowest BCUT2D eigenvalue weighted by Crippen LogP contribution is -2.53. The van der Waals surface area contributed by atoms with E-state index in [4.69, 9.17) is 4.74 Å². The van der Waals surface area contributed by atoms with Crippen molar-refractivity contribution < 1.29 is 9.13 Å². The van der Waals surface area contributed by atoms with Crippen molar-refractivity contribution in [3.63, 3.8) is 0 Å². The predicted octanol–water partition coefficient (Wildman–Crippen LogP) is 3.80. The van der Waals surface area contributed by atoms with Gasteiger partial charge in [0.2, 0.25) is 0 Å². The normalized spacial score (nSPS) is 17.9. The first kappa shape index (κ1) is 21.5. The molecular formula is C25H30FN7O. The number of rotatable bonds is 5. The Labute approximate surface area is 197 Å². The maximum Gasteiger partial charge on any atom is 0.175 e. The van der Waals surface area contributed by atoms with E-state index in [1.807, 2.05) is 13.1 Å². The van der Waals surface area contributed by atoms with E-state index >= 15 is 4.39 Å². The van der Waals surface area contributed by atoms with Gasteiger partial charge in [-0.15, -0.1) is 0 Å². The molecule has 0 amide bonds. The summed E-state index contributed by atoms with van der Waals surface area (Å²) in [5, 5.41) is 8.59. The molecule has 0 aromatic carbocycles. The number of nitrogens with zero attached hydrogens (tertiary/aromatic N) is 5. The second-order valence-electron chi connectivity index (χ2n) is 9.86. The molecule has 2 aliphatic heterocycles. The monoisotopic (exact) mass is 463 g/mol. The molecule has 0 unspecified atom stereocenters. The summed E-state index contributed by atoms with van der Waals surface area (Å²) in [7, 11) is 0. The van der Waals surface area contributed by atoms with Crippen molar-refractivity contribution in [2.24, 2.45) is 0 Å². The first-order chi connectivity index (χ1) is 16.5. The number of pyridine rings is 2. The lowest BCUT2D eigenvalue weighted by atomic mass is 9.96. The Balaban J connectivity index is 1.36. The van der Waals surface area contributed by atoms with Gasteiger partial charge in [-0.3, -0.25) is 0 Å². The zero-order valence-electron chi connectivity index (χ0n) is 19.8. The highest BCUT2D eigenvalue weighted by atomic mass is 19.1. The highest BCUT2D eigenvalue weighted by molar-refractivity contribution is 5.93. The molecule has 9 heteroatoms.